The highest BCUT2D eigenvalue weighted by Crippen LogP contribution is 2.20. The molecular formula is C10H2N8. The quantitative estimate of drug-likeness (QED) is 0.662. The smallest absolute Gasteiger partial charge is 0.183 e. The fraction of sp³-hybridized carbons (Fsp3) is 0. The van der Waals surface area contributed by atoms with Crippen LogP contribution in [0.4, 0.5) is 5.82 Å². The second-order valence-electron chi connectivity index (χ2n) is 3.13. The summed E-state index contributed by atoms with van der Waals surface area (Å²) in [5.74, 6) is -0.178. The first kappa shape index (κ1) is 10.9. The number of rotatable bonds is 0. The van der Waals surface area contributed by atoms with Crippen LogP contribution in [0.5, 0.6) is 0 Å². The van der Waals surface area contributed by atoms with Crippen LogP contribution in [0.2, 0.25) is 0 Å². The summed E-state index contributed by atoms with van der Waals surface area (Å²) in [4.78, 5) is 3.83. The number of aromatic nitrogens is 3. The minimum atomic E-state index is -0.178. The largest absolute Gasteiger partial charge is 0.382 e. The summed E-state index contributed by atoms with van der Waals surface area (Å²) in [7, 11) is 0. The molecule has 0 amide bonds. The Balaban J connectivity index is 3.10. The Morgan fingerprint density at radius 1 is 0.944 bits per heavy atom. The Morgan fingerprint density at radius 2 is 1.61 bits per heavy atom. The standard InChI is InChI=1S/C10H2N8/c11-1-5-7(3-13)17-18-8(4-14)6(2-12)9(15)16-10(5)18/h(H2,15,16). The zero-order valence-corrected chi connectivity index (χ0v) is 8.71. The maximum Gasteiger partial charge on any atom is 0.183 e. The molecule has 82 valence electrons. The number of hydrogen-bond acceptors (Lipinski definition) is 7. The van der Waals surface area contributed by atoms with Gasteiger partial charge in [0.25, 0.3) is 0 Å². The summed E-state index contributed by atoms with van der Waals surface area (Å²) in [5.41, 5.74) is 4.98. The molecular weight excluding hydrogens is 232 g/mol. The second kappa shape index (κ2) is 3.75. The van der Waals surface area contributed by atoms with Crippen molar-refractivity contribution < 1.29 is 0 Å². The van der Waals surface area contributed by atoms with Crippen LogP contribution in [0.25, 0.3) is 5.65 Å². The van der Waals surface area contributed by atoms with E-state index in [0.717, 1.165) is 4.52 Å². The van der Waals surface area contributed by atoms with E-state index in [9.17, 15) is 0 Å². The van der Waals surface area contributed by atoms with Crippen LogP contribution < -0.4 is 5.73 Å². The predicted octanol–water partition coefficient (Wildman–Crippen LogP) is -0.202. The molecule has 2 aromatic rings. The molecule has 0 saturated carbocycles. The van der Waals surface area contributed by atoms with Gasteiger partial charge in [0.05, 0.1) is 0 Å². The molecule has 0 aromatic carbocycles. The summed E-state index contributed by atoms with van der Waals surface area (Å²) in [6, 6.07) is 6.98. The van der Waals surface area contributed by atoms with Crippen molar-refractivity contribution in [2.75, 3.05) is 5.73 Å². The van der Waals surface area contributed by atoms with Gasteiger partial charge in [0.2, 0.25) is 0 Å². The first-order valence-corrected chi connectivity index (χ1v) is 4.50. The molecule has 0 aliphatic carbocycles. The molecule has 0 spiro atoms. The van der Waals surface area contributed by atoms with Crippen molar-refractivity contribution in [3.05, 3.63) is 22.5 Å². The minimum absolute atomic E-state index is 0.0119. The van der Waals surface area contributed by atoms with Gasteiger partial charge in [0.15, 0.2) is 17.0 Å². The average molecular weight is 234 g/mol. The van der Waals surface area contributed by atoms with E-state index in [0.29, 0.717) is 0 Å². The van der Waals surface area contributed by atoms with Gasteiger partial charge in [0, 0.05) is 0 Å². The third-order valence-corrected chi connectivity index (χ3v) is 2.23. The molecule has 8 heteroatoms. The average Bonchev–Trinajstić information content (AvgIpc) is 2.74. The number of hydrogen-bond donors (Lipinski definition) is 1. The van der Waals surface area contributed by atoms with E-state index in [2.05, 4.69) is 10.1 Å². The summed E-state index contributed by atoms with van der Waals surface area (Å²) in [6.45, 7) is 0. The van der Waals surface area contributed by atoms with E-state index in [-0.39, 0.29) is 34.0 Å². The van der Waals surface area contributed by atoms with Crippen molar-refractivity contribution in [1.82, 2.24) is 14.6 Å². The van der Waals surface area contributed by atoms with E-state index in [4.69, 9.17) is 26.8 Å². The molecule has 0 unspecified atom stereocenters. The van der Waals surface area contributed by atoms with Crippen molar-refractivity contribution in [3.63, 3.8) is 0 Å². The molecule has 8 nitrogen and oxygen atoms in total. The van der Waals surface area contributed by atoms with Crippen LogP contribution in [-0.4, -0.2) is 14.6 Å². The fourth-order valence-corrected chi connectivity index (χ4v) is 1.46. The van der Waals surface area contributed by atoms with Crippen LogP contribution in [0.1, 0.15) is 22.5 Å². The van der Waals surface area contributed by atoms with Gasteiger partial charge in [-0.3, -0.25) is 0 Å². The highest BCUT2D eigenvalue weighted by molar-refractivity contribution is 5.67. The highest BCUT2D eigenvalue weighted by Gasteiger charge is 2.20. The monoisotopic (exact) mass is 234 g/mol. The first-order valence-electron chi connectivity index (χ1n) is 4.50. The Labute approximate surface area is 100 Å². The SMILES string of the molecule is N#Cc1nn2c(C#N)c(C#N)c(N)nc2c1C#N. The van der Waals surface area contributed by atoms with Crippen molar-refractivity contribution in [2.24, 2.45) is 0 Å². The van der Waals surface area contributed by atoms with Gasteiger partial charge in [-0.15, -0.1) is 0 Å². The van der Waals surface area contributed by atoms with Crippen molar-refractivity contribution in [2.45, 2.75) is 0 Å². The second-order valence-corrected chi connectivity index (χ2v) is 3.13. The van der Waals surface area contributed by atoms with Crippen molar-refractivity contribution in [3.8, 4) is 24.3 Å². The van der Waals surface area contributed by atoms with Gasteiger partial charge < -0.3 is 5.73 Å². The van der Waals surface area contributed by atoms with E-state index in [1.807, 2.05) is 0 Å². The van der Waals surface area contributed by atoms with Gasteiger partial charge in [-0.25, -0.2) is 9.50 Å². The molecule has 2 N–H and O–H groups in total. The molecule has 2 rings (SSSR count). The lowest BCUT2D eigenvalue weighted by Crippen LogP contribution is -2.06. The van der Waals surface area contributed by atoms with Crippen molar-refractivity contribution in [1.29, 1.82) is 21.0 Å². The van der Waals surface area contributed by atoms with Crippen LogP contribution >= 0.6 is 0 Å². The van der Waals surface area contributed by atoms with E-state index in [1.165, 1.54) is 0 Å². The lowest BCUT2D eigenvalue weighted by molar-refractivity contribution is 0.910. The number of anilines is 1. The summed E-state index contributed by atoms with van der Waals surface area (Å²) >= 11 is 0. The third-order valence-electron chi connectivity index (χ3n) is 2.23. The molecule has 0 aliphatic rings. The minimum Gasteiger partial charge on any atom is -0.382 e. The molecule has 0 aliphatic heterocycles. The molecule has 2 aromatic heterocycles. The lowest BCUT2D eigenvalue weighted by atomic mass is 10.2. The summed E-state index contributed by atoms with van der Waals surface area (Å²) < 4.78 is 0.978. The zero-order valence-electron chi connectivity index (χ0n) is 8.71. The van der Waals surface area contributed by atoms with Crippen LogP contribution in [0.15, 0.2) is 0 Å². The van der Waals surface area contributed by atoms with E-state index >= 15 is 0 Å². The van der Waals surface area contributed by atoms with Crippen LogP contribution in [0.3, 0.4) is 0 Å². The van der Waals surface area contributed by atoms with Crippen molar-refractivity contribution >= 4 is 11.5 Å². The lowest BCUT2D eigenvalue weighted by Gasteiger charge is -2.01. The normalized spacial score (nSPS) is 9.11. The molecule has 0 atom stereocenters. The van der Waals surface area contributed by atoms with Gasteiger partial charge in [-0.05, 0) is 0 Å². The van der Waals surface area contributed by atoms with Gasteiger partial charge >= 0.3 is 0 Å². The highest BCUT2D eigenvalue weighted by atomic mass is 15.3. The number of nitriles is 4. The number of fused-ring (bicyclic) bond motifs is 1. The maximum absolute atomic E-state index is 9.01. The summed E-state index contributed by atoms with van der Waals surface area (Å²) in [6.07, 6.45) is 0. The Kier molecular flexibility index (Phi) is 2.27. The molecule has 0 radical (unpaired) electrons. The zero-order chi connectivity index (χ0) is 13.3. The van der Waals surface area contributed by atoms with Gasteiger partial charge in [-0.2, -0.15) is 26.1 Å². The summed E-state index contributed by atoms with van der Waals surface area (Å²) in [5, 5.41) is 39.4. The number of nitrogens with zero attached hydrogens (tertiary/aromatic N) is 7. The number of nitrogens with two attached hydrogens (primary N) is 1. The topological polar surface area (TPSA) is 151 Å². The van der Waals surface area contributed by atoms with E-state index in [1.54, 1.807) is 24.3 Å². The molecule has 0 fully saturated rings. The molecule has 2 heterocycles. The Morgan fingerprint density at radius 3 is 2.11 bits per heavy atom. The van der Waals surface area contributed by atoms with Gasteiger partial charge in [-0.1, -0.05) is 0 Å². The molecule has 18 heavy (non-hydrogen) atoms. The fourth-order valence-electron chi connectivity index (χ4n) is 1.46. The van der Waals surface area contributed by atoms with Crippen LogP contribution in [0, 0.1) is 45.3 Å². The molecule has 0 saturated heterocycles. The van der Waals surface area contributed by atoms with E-state index < -0.39 is 0 Å². The third kappa shape index (κ3) is 1.21. The van der Waals surface area contributed by atoms with Gasteiger partial charge in [0.1, 0.15) is 41.2 Å². The number of nitrogen functional groups attached to an aromatic ring is 1. The Hall–Kier alpha value is -3.62. The van der Waals surface area contributed by atoms with Crippen LogP contribution in [-0.2, 0) is 0 Å². The molecule has 0 bridgehead atoms. The maximum atomic E-state index is 9.01. The first-order chi connectivity index (χ1) is 8.67. The predicted molar refractivity (Wildman–Crippen MR) is 56.3 cm³/mol. The Bertz CT molecular complexity index is 831.